The SMILES string of the molecule is CCNC(=O)N1CCOC(COc2c(OC)cccc2OC)C1. The first-order valence-corrected chi connectivity index (χ1v) is 7.67. The van der Waals surface area contributed by atoms with Crippen molar-refractivity contribution in [3.63, 3.8) is 0 Å². The van der Waals surface area contributed by atoms with Crippen molar-refractivity contribution >= 4 is 6.03 Å². The van der Waals surface area contributed by atoms with Crippen molar-refractivity contribution in [2.75, 3.05) is 47.1 Å². The summed E-state index contributed by atoms with van der Waals surface area (Å²) in [6.45, 7) is 4.38. The number of carbonyl (C=O) groups excluding carboxylic acids is 1. The number of rotatable bonds is 6. The Labute approximate surface area is 136 Å². The van der Waals surface area contributed by atoms with E-state index in [4.69, 9.17) is 18.9 Å². The molecule has 1 N–H and O–H groups in total. The largest absolute Gasteiger partial charge is 0.493 e. The Hall–Kier alpha value is -2.15. The smallest absolute Gasteiger partial charge is 0.317 e. The summed E-state index contributed by atoms with van der Waals surface area (Å²) < 4.78 is 22.1. The van der Waals surface area contributed by atoms with E-state index in [2.05, 4.69) is 5.32 Å². The van der Waals surface area contributed by atoms with E-state index in [-0.39, 0.29) is 12.1 Å². The van der Waals surface area contributed by atoms with Crippen molar-refractivity contribution in [2.24, 2.45) is 0 Å². The van der Waals surface area contributed by atoms with Gasteiger partial charge in [0.2, 0.25) is 5.75 Å². The molecule has 23 heavy (non-hydrogen) atoms. The van der Waals surface area contributed by atoms with Crippen LogP contribution in [0.4, 0.5) is 4.79 Å². The van der Waals surface area contributed by atoms with E-state index in [1.54, 1.807) is 31.3 Å². The molecule has 0 spiro atoms. The zero-order valence-corrected chi connectivity index (χ0v) is 13.8. The summed E-state index contributed by atoms with van der Waals surface area (Å²) in [6, 6.07) is 5.37. The number of hydrogen-bond donors (Lipinski definition) is 1. The van der Waals surface area contributed by atoms with Crippen molar-refractivity contribution in [1.82, 2.24) is 10.2 Å². The van der Waals surface area contributed by atoms with Crippen LogP contribution >= 0.6 is 0 Å². The summed E-state index contributed by atoms with van der Waals surface area (Å²) in [5.74, 6) is 1.73. The first kappa shape index (κ1) is 17.2. The maximum atomic E-state index is 11.9. The first-order chi connectivity index (χ1) is 11.2. The Morgan fingerprint density at radius 1 is 1.35 bits per heavy atom. The van der Waals surface area contributed by atoms with E-state index in [0.717, 1.165) is 0 Å². The minimum Gasteiger partial charge on any atom is -0.493 e. The molecule has 2 rings (SSSR count). The van der Waals surface area contributed by atoms with Crippen molar-refractivity contribution in [1.29, 1.82) is 0 Å². The van der Waals surface area contributed by atoms with Crippen molar-refractivity contribution in [2.45, 2.75) is 13.0 Å². The number of benzene rings is 1. The molecular weight excluding hydrogens is 300 g/mol. The lowest BCUT2D eigenvalue weighted by Gasteiger charge is -2.32. The molecule has 128 valence electrons. The van der Waals surface area contributed by atoms with E-state index < -0.39 is 0 Å². The van der Waals surface area contributed by atoms with Crippen LogP contribution in [0.5, 0.6) is 17.2 Å². The minimum atomic E-state index is -0.194. The van der Waals surface area contributed by atoms with Crippen LogP contribution in [-0.2, 0) is 4.74 Å². The Balaban J connectivity index is 1.97. The van der Waals surface area contributed by atoms with Gasteiger partial charge in [-0.1, -0.05) is 6.07 Å². The number of morpholine rings is 1. The molecule has 1 aromatic rings. The highest BCUT2D eigenvalue weighted by Crippen LogP contribution is 2.36. The number of para-hydroxylation sites is 1. The van der Waals surface area contributed by atoms with Crippen molar-refractivity contribution < 1.29 is 23.7 Å². The van der Waals surface area contributed by atoms with E-state index in [0.29, 0.717) is 50.1 Å². The molecule has 1 heterocycles. The highest BCUT2D eigenvalue weighted by molar-refractivity contribution is 5.74. The highest BCUT2D eigenvalue weighted by Gasteiger charge is 2.25. The van der Waals surface area contributed by atoms with Gasteiger partial charge in [-0.15, -0.1) is 0 Å². The van der Waals surface area contributed by atoms with Crippen LogP contribution in [0.3, 0.4) is 0 Å². The average molecular weight is 324 g/mol. The molecule has 1 atom stereocenters. The van der Waals surface area contributed by atoms with Crippen LogP contribution in [-0.4, -0.2) is 64.1 Å². The normalized spacial score (nSPS) is 17.5. The zero-order chi connectivity index (χ0) is 16.7. The number of carbonyl (C=O) groups is 1. The fourth-order valence-corrected chi connectivity index (χ4v) is 2.40. The van der Waals surface area contributed by atoms with Crippen LogP contribution < -0.4 is 19.5 Å². The average Bonchev–Trinajstić information content (AvgIpc) is 2.60. The van der Waals surface area contributed by atoms with Crippen molar-refractivity contribution in [3.05, 3.63) is 18.2 Å². The number of amides is 2. The fourth-order valence-electron chi connectivity index (χ4n) is 2.40. The Kier molecular flexibility index (Phi) is 6.34. The van der Waals surface area contributed by atoms with Crippen LogP contribution in [0, 0.1) is 0 Å². The molecule has 2 amide bonds. The minimum absolute atomic E-state index is 0.0735. The predicted molar refractivity (Wildman–Crippen MR) is 85.4 cm³/mol. The fraction of sp³-hybridized carbons (Fsp3) is 0.562. The molecule has 1 aliphatic rings. The quantitative estimate of drug-likeness (QED) is 0.859. The molecule has 1 fully saturated rings. The monoisotopic (exact) mass is 324 g/mol. The molecule has 1 saturated heterocycles. The number of nitrogens with one attached hydrogen (secondary N) is 1. The van der Waals surface area contributed by atoms with Gasteiger partial charge in [-0.05, 0) is 19.1 Å². The molecule has 0 aliphatic carbocycles. The molecule has 1 aliphatic heterocycles. The molecule has 1 unspecified atom stereocenters. The summed E-state index contributed by atoms with van der Waals surface area (Å²) in [6.07, 6.45) is -0.194. The Morgan fingerprint density at radius 3 is 2.65 bits per heavy atom. The lowest BCUT2D eigenvalue weighted by Crippen LogP contribution is -2.51. The summed E-state index contributed by atoms with van der Waals surface area (Å²) in [5.41, 5.74) is 0. The molecule has 7 nitrogen and oxygen atoms in total. The van der Waals surface area contributed by atoms with E-state index in [1.165, 1.54) is 0 Å². The Morgan fingerprint density at radius 2 is 2.04 bits per heavy atom. The summed E-state index contributed by atoms with van der Waals surface area (Å²) in [5, 5.41) is 2.80. The molecule has 7 heteroatoms. The second-order valence-electron chi connectivity index (χ2n) is 5.08. The molecule has 0 saturated carbocycles. The van der Waals surface area contributed by atoms with Gasteiger partial charge in [0.25, 0.3) is 0 Å². The number of methoxy groups -OCH3 is 2. The number of hydrogen-bond acceptors (Lipinski definition) is 5. The van der Waals surface area contributed by atoms with E-state index >= 15 is 0 Å². The lowest BCUT2D eigenvalue weighted by molar-refractivity contribution is -0.0357. The maximum absolute atomic E-state index is 11.9. The summed E-state index contributed by atoms with van der Waals surface area (Å²) in [7, 11) is 3.16. The van der Waals surface area contributed by atoms with Gasteiger partial charge >= 0.3 is 6.03 Å². The van der Waals surface area contributed by atoms with Crippen LogP contribution in [0.15, 0.2) is 18.2 Å². The maximum Gasteiger partial charge on any atom is 0.317 e. The Bertz CT molecular complexity index is 501. The summed E-state index contributed by atoms with van der Waals surface area (Å²) >= 11 is 0. The van der Waals surface area contributed by atoms with Gasteiger partial charge in [0.05, 0.1) is 27.4 Å². The first-order valence-electron chi connectivity index (χ1n) is 7.67. The van der Waals surface area contributed by atoms with Gasteiger partial charge in [0.1, 0.15) is 12.7 Å². The second-order valence-corrected chi connectivity index (χ2v) is 5.08. The lowest BCUT2D eigenvalue weighted by atomic mass is 10.2. The highest BCUT2D eigenvalue weighted by atomic mass is 16.6. The van der Waals surface area contributed by atoms with Gasteiger partial charge in [-0.25, -0.2) is 4.79 Å². The van der Waals surface area contributed by atoms with Crippen LogP contribution in [0.2, 0.25) is 0 Å². The van der Waals surface area contributed by atoms with Crippen molar-refractivity contribution in [3.8, 4) is 17.2 Å². The molecule has 1 aromatic carbocycles. The molecule has 0 aromatic heterocycles. The number of ether oxygens (including phenoxy) is 4. The van der Waals surface area contributed by atoms with Gasteiger partial charge in [-0.2, -0.15) is 0 Å². The third-order valence-corrected chi connectivity index (χ3v) is 3.55. The van der Waals surface area contributed by atoms with Crippen LogP contribution in [0.25, 0.3) is 0 Å². The molecule has 0 radical (unpaired) electrons. The van der Waals surface area contributed by atoms with Gasteiger partial charge in [0, 0.05) is 13.1 Å². The molecule has 0 bridgehead atoms. The topological polar surface area (TPSA) is 69.3 Å². The summed E-state index contributed by atoms with van der Waals surface area (Å²) in [4.78, 5) is 13.6. The zero-order valence-electron chi connectivity index (χ0n) is 13.8. The van der Waals surface area contributed by atoms with Gasteiger partial charge in [0.15, 0.2) is 11.5 Å². The van der Waals surface area contributed by atoms with Gasteiger partial charge < -0.3 is 29.2 Å². The second kappa shape index (κ2) is 8.47. The predicted octanol–water partition coefficient (Wildman–Crippen LogP) is 1.51. The standard InChI is InChI=1S/C16H24N2O5/c1-4-17-16(19)18-8-9-22-12(10-18)11-23-15-13(20-2)6-5-7-14(15)21-3/h5-7,12H,4,8-11H2,1-3H3,(H,17,19). The third-order valence-electron chi connectivity index (χ3n) is 3.55. The third kappa shape index (κ3) is 4.41. The van der Waals surface area contributed by atoms with Crippen LogP contribution in [0.1, 0.15) is 6.92 Å². The number of urea groups is 1. The van der Waals surface area contributed by atoms with E-state index in [1.807, 2.05) is 13.0 Å². The van der Waals surface area contributed by atoms with Gasteiger partial charge in [-0.3, -0.25) is 0 Å². The molecular formula is C16H24N2O5. The number of nitrogens with zero attached hydrogens (tertiary/aromatic N) is 1. The van der Waals surface area contributed by atoms with E-state index in [9.17, 15) is 4.79 Å².